The Kier molecular flexibility index (Phi) is 5.54. The van der Waals surface area contributed by atoms with Crippen LogP contribution < -0.4 is 16.0 Å². The lowest BCUT2D eigenvalue weighted by molar-refractivity contribution is -0.136. The molecule has 2 fully saturated rings. The number of aromatic nitrogens is 1. The maximum atomic E-state index is 15.1. The molecule has 10 nitrogen and oxygen atoms in total. The quantitative estimate of drug-likeness (QED) is 0.625. The van der Waals surface area contributed by atoms with E-state index in [2.05, 4.69) is 10.3 Å². The number of benzene rings is 1. The number of hydrogen-bond donors (Lipinski definition) is 2. The summed E-state index contributed by atoms with van der Waals surface area (Å²) in [5.74, 6) is -3.78. The van der Waals surface area contributed by atoms with E-state index in [1.165, 1.54) is 6.07 Å². The van der Waals surface area contributed by atoms with Crippen LogP contribution in [0.25, 0.3) is 0 Å². The van der Waals surface area contributed by atoms with Gasteiger partial charge in [-0.05, 0) is 43.5 Å². The second kappa shape index (κ2) is 8.57. The van der Waals surface area contributed by atoms with E-state index in [9.17, 15) is 24.0 Å². The molecule has 0 radical (unpaired) electrons. The van der Waals surface area contributed by atoms with Gasteiger partial charge in [0.2, 0.25) is 11.8 Å². The average molecular weight is 479 g/mol. The van der Waals surface area contributed by atoms with Crippen LogP contribution in [0, 0.1) is 5.82 Å². The fraction of sp³-hybridized carbons (Fsp3) is 0.333. The summed E-state index contributed by atoms with van der Waals surface area (Å²) in [4.78, 5) is 68.0. The van der Waals surface area contributed by atoms with Gasteiger partial charge < -0.3 is 10.6 Å². The smallest absolute Gasteiger partial charge is 0.267 e. The topological polar surface area (TPSA) is 143 Å². The molecule has 2 aromatic rings. The molecule has 3 N–H and O–H groups in total. The van der Waals surface area contributed by atoms with Gasteiger partial charge in [-0.3, -0.25) is 34.2 Å². The van der Waals surface area contributed by atoms with Crippen molar-refractivity contribution in [1.29, 1.82) is 0 Å². The molecule has 3 aliphatic heterocycles. The Bertz CT molecular complexity index is 1290. The van der Waals surface area contributed by atoms with Gasteiger partial charge in [0.25, 0.3) is 17.7 Å². The summed E-state index contributed by atoms with van der Waals surface area (Å²) in [7, 11) is 0. The van der Waals surface area contributed by atoms with E-state index in [1.807, 2.05) is 6.07 Å². The number of carbonyl (C=O) groups is 5. The molecule has 3 aliphatic rings. The summed E-state index contributed by atoms with van der Waals surface area (Å²) in [6.45, 7) is 0.948. The number of nitrogens with one attached hydrogen (secondary N) is 1. The lowest BCUT2D eigenvalue weighted by Gasteiger charge is -2.33. The number of anilines is 1. The Morgan fingerprint density at radius 3 is 2.37 bits per heavy atom. The zero-order valence-electron chi connectivity index (χ0n) is 18.6. The van der Waals surface area contributed by atoms with E-state index in [-0.39, 0.29) is 41.3 Å². The number of pyridine rings is 1. The van der Waals surface area contributed by atoms with Crippen LogP contribution in [0.4, 0.5) is 10.1 Å². The van der Waals surface area contributed by atoms with Crippen LogP contribution in [0.5, 0.6) is 0 Å². The number of rotatable bonds is 4. The van der Waals surface area contributed by atoms with Gasteiger partial charge in [0.1, 0.15) is 17.6 Å². The maximum Gasteiger partial charge on any atom is 0.267 e. The van der Waals surface area contributed by atoms with Crippen molar-refractivity contribution in [2.75, 3.05) is 18.0 Å². The molecule has 1 aromatic heterocycles. The SMILES string of the molecule is NC(=O)c1cccc(C2CCN(c3cc4c(cc3F)C(=O)N(C3CCC(=O)NC3=O)C4=O)CC2)n1. The molecule has 35 heavy (non-hydrogen) atoms. The molecule has 1 unspecified atom stereocenters. The number of nitrogens with two attached hydrogens (primary N) is 1. The molecule has 180 valence electrons. The highest BCUT2D eigenvalue weighted by Crippen LogP contribution is 2.35. The summed E-state index contributed by atoms with van der Waals surface area (Å²) in [6, 6.07) is 6.41. The first-order valence-electron chi connectivity index (χ1n) is 11.3. The summed E-state index contributed by atoms with van der Waals surface area (Å²) in [5, 5.41) is 2.14. The number of piperidine rings is 2. The van der Waals surface area contributed by atoms with Gasteiger partial charge in [0, 0.05) is 31.1 Å². The van der Waals surface area contributed by atoms with Crippen LogP contribution in [0.2, 0.25) is 0 Å². The number of nitrogens with zero attached hydrogens (tertiary/aromatic N) is 3. The van der Waals surface area contributed by atoms with Gasteiger partial charge in [-0.15, -0.1) is 0 Å². The Labute approximate surface area is 199 Å². The van der Waals surface area contributed by atoms with E-state index in [0.717, 1.165) is 16.7 Å². The van der Waals surface area contributed by atoms with Crippen molar-refractivity contribution in [3.05, 3.63) is 58.7 Å². The second-order valence-corrected chi connectivity index (χ2v) is 8.87. The van der Waals surface area contributed by atoms with Crippen LogP contribution in [-0.4, -0.2) is 58.6 Å². The molecule has 5 amide bonds. The maximum absolute atomic E-state index is 15.1. The number of fused-ring (bicyclic) bond motifs is 1. The van der Waals surface area contributed by atoms with Crippen molar-refractivity contribution < 1.29 is 28.4 Å². The van der Waals surface area contributed by atoms with Gasteiger partial charge in [0.15, 0.2) is 0 Å². The third-order valence-corrected chi connectivity index (χ3v) is 6.78. The third-order valence-electron chi connectivity index (χ3n) is 6.78. The monoisotopic (exact) mass is 479 g/mol. The molecule has 1 aromatic carbocycles. The minimum absolute atomic E-state index is 0.00950. The molecule has 11 heteroatoms. The van der Waals surface area contributed by atoms with E-state index in [0.29, 0.717) is 25.9 Å². The van der Waals surface area contributed by atoms with Gasteiger partial charge in [0.05, 0.1) is 16.8 Å². The van der Waals surface area contributed by atoms with E-state index >= 15 is 4.39 Å². The minimum Gasteiger partial charge on any atom is -0.369 e. The molecule has 0 saturated carbocycles. The van der Waals surface area contributed by atoms with Crippen molar-refractivity contribution >= 4 is 35.2 Å². The van der Waals surface area contributed by atoms with Crippen molar-refractivity contribution in [3.8, 4) is 0 Å². The summed E-state index contributed by atoms with van der Waals surface area (Å²) >= 11 is 0. The largest absolute Gasteiger partial charge is 0.369 e. The molecule has 0 bridgehead atoms. The van der Waals surface area contributed by atoms with Crippen molar-refractivity contribution in [2.45, 2.75) is 37.6 Å². The third kappa shape index (κ3) is 3.92. The lowest BCUT2D eigenvalue weighted by Crippen LogP contribution is -2.54. The van der Waals surface area contributed by atoms with Gasteiger partial charge in [-0.2, -0.15) is 0 Å². The molecule has 2 saturated heterocycles. The van der Waals surface area contributed by atoms with E-state index < -0.39 is 41.4 Å². The first-order valence-corrected chi connectivity index (χ1v) is 11.3. The molecule has 0 aliphatic carbocycles. The van der Waals surface area contributed by atoms with Crippen LogP contribution >= 0.6 is 0 Å². The van der Waals surface area contributed by atoms with Gasteiger partial charge >= 0.3 is 0 Å². The average Bonchev–Trinajstić information content (AvgIpc) is 3.08. The molecular formula is C24H22FN5O5. The van der Waals surface area contributed by atoms with Crippen LogP contribution in [0.3, 0.4) is 0 Å². The van der Waals surface area contributed by atoms with Crippen molar-refractivity contribution in [2.24, 2.45) is 5.73 Å². The first-order chi connectivity index (χ1) is 16.7. The molecule has 5 rings (SSSR count). The standard InChI is InChI=1S/C24H22FN5O5/c25-15-10-13-14(24(35)30(23(13)34)18-4-5-20(31)28-22(18)33)11-19(15)29-8-6-12(7-9-29)16-2-1-3-17(27-16)21(26)32/h1-3,10-12,18H,4-9H2,(H2,26,32)(H,28,31,33). The summed E-state index contributed by atoms with van der Waals surface area (Å²) in [5.41, 5.74) is 6.40. The predicted molar refractivity (Wildman–Crippen MR) is 120 cm³/mol. The second-order valence-electron chi connectivity index (χ2n) is 8.87. The number of halogens is 1. The predicted octanol–water partition coefficient (Wildman–Crippen LogP) is 1.10. The summed E-state index contributed by atoms with van der Waals surface area (Å²) in [6.07, 6.45) is 1.32. The van der Waals surface area contributed by atoms with E-state index in [1.54, 1.807) is 17.0 Å². The van der Waals surface area contributed by atoms with Crippen LogP contribution in [0.15, 0.2) is 30.3 Å². The van der Waals surface area contributed by atoms with Crippen molar-refractivity contribution in [1.82, 2.24) is 15.2 Å². The fourth-order valence-electron chi connectivity index (χ4n) is 4.95. The van der Waals surface area contributed by atoms with Crippen LogP contribution in [0.1, 0.15) is 68.5 Å². The van der Waals surface area contributed by atoms with Crippen LogP contribution in [-0.2, 0) is 9.59 Å². The Morgan fingerprint density at radius 2 is 1.71 bits per heavy atom. The number of imide groups is 2. The highest BCUT2D eigenvalue weighted by molar-refractivity contribution is 6.23. The summed E-state index contributed by atoms with van der Waals surface area (Å²) < 4.78 is 15.1. The normalized spacial score (nSPS) is 20.8. The Balaban J connectivity index is 1.35. The number of hydrogen-bond acceptors (Lipinski definition) is 7. The molecule has 4 heterocycles. The van der Waals surface area contributed by atoms with Crippen molar-refractivity contribution in [3.63, 3.8) is 0 Å². The minimum atomic E-state index is -1.11. The number of primary amides is 1. The Morgan fingerprint density at radius 1 is 1.03 bits per heavy atom. The first kappa shape index (κ1) is 22.6. The van der Waals surface area contributed by atoms with Gasteiger partial charge in [-0.25, -0.2) is 9.37 Å². The number of amides is 5. The molecule has 1 atom stereocenters. The Hall–Kier alpha value is -4.15. The molecule has 0 spiro atoms. The van der Waals surface area contributed by atoms with E-state index in [4.69, 9.17) is 5.73 Å². The lowest BCUT2D eigenvalue weighted by atomic mass is 9.92. The zero-order valence-corrected chi connectivity index (χ0v) is 18.6. The fourth-order valence-corrected chi connectivity index (χ4v) is 4.95. The highest BCUT2D eigenvalue weighted by atomic mass is 19.1. The highest BCUT2D eigenvalue weighted by Gasteiger charge is 2.45. The zero-order chi connectivity index (χ0) is 24.9. The van der Waals surface area contributed by atoms with Gasteiger partial charge in [-0.1, -0.05) is 6.07 Å². The number of carbonyl (C=O) groups excluding carboxylic acids is 5. The molecular weight excluding hydrogens is 457 g/mol.